The van der Waals surface area contributed by atoms with Gasteiger partial charge in [0.05, 0.1) is 5.71 Å². The number of hydrogen-bond acceptors (Lipinski definition) is 5. The molecule has 0 bridgehead atoms. The van der Waals surface area contributed by atoms with Crippen molar-refractivity contribution >= 4 is 85.1 Å². The maximum Gasteiger partial charge on any atom is 0.273 e. The molecule has 0 heterocycles. The van der Waals surface area contributed by atoms with E-state index in [4.69, 9.17) is 9.68 Å². The summed E-state index contributed by atoms with van der Waals surface area (Å²) in [7, 11) is 2.85. The first-order valence-electron chi connectivity index (χ1n) is 9.16. The molecule has 6 nitrogen and oxygen atoms in total. The number of carbonyl (C=O) groups is 1. The van der Waals surface area contributed by atoms with Crippen molar-refractivity contribution in [1.29, 1.82) is 0 Å². The second-order valence-electron chi connectivity index (χ2n) is 6.56. The Morgan fingerprint density at radius 1 is 1.22 bits per heavy atom. The molecule has 32 heavy (non-hydrogen) atoms. The molecule has 172 valence electrons. The van der Waals surface area contributed by atoms with Gasteiger partial charge in [-0.2, -0.15) is 0 Å². The minimum Gasteiger partial charge on any atom is -0.398 e. The molecule has 2 aromatic carbocycles. The summed E-state index contributed by atoms with van der Waals surface area (Å²) in [5.74, 6) is -0.885. The second-order valence-corrected chi connectivity index (χ2v) is 12.8. The van der Waals surface area contributed by atoms with Gasteiger partial charge in [-0.05, 0) is 99.3 Å². The molecule has 0 aromatic heterocycles. The minimum atomic E-state index is -1.75. The van der Waals surface area contributed by atoms with Crippen LogP contribution in [0.25, 0.3) is 0 Å². The Balaban J connectivity index is 2.40. The number of alkyl halides is 3. The summed E-state index contributed by atoms with van der Waals surface area (Å²) in [6.07, 6.45) is 0. The first kappa shape index (κ1) is 27.1. The maximum absolute atomic E-state index is 14.7. The Kier molecular flexibility index (Phi) is 10.1. The zero-order valence-corrected chi connectivity index (χ0v) is 24.1. The highest BCUT2D eigenvalue weighted by Crippen LogP contribution is 2.43. The zero-order chi connectivity index (χ0) is 24.1. The van der Waals surface area contributed by atoms with E-state index >= 15 is 0 Å². The standard InChI is InChI=1S/C21H20F2I3N3O3/c1-11-6-5-7-13(19(29-31-4)20(30)27-3)15(11)10-32-28-12(2)14-8-17(22)18(24)9-16(14)21(23,25)26/h5-9H,10H2,1-4H3,(H,27,30)/b28-12+,29-19+. The fourth-order valence-electron chi connectivity index (χ4n) is 2.86. The second kappa shape index (κ2) is 11.9. The number of carbonyl (C=O) groups excluding carboxylic acids is 1. The van der Waals surface area contributed by atoms with E-state index in [1.807, 2.05) is 35.6 Å². The molecular weight excluding hydrogens is 761 g/mol. The lowest BCUT2D eigenvalue weighted by Gasteiger charge is -2.17. The largest absolute Gasteiger partial charge is 0.398 e. The van der Waals surface area contributed by atoms with Crippen LogP contribution in [-0.4, -0.2) is 31.5 Å². The smallest absolute Gasteiger partial charge is 0.273 e. The van der Waals surface area contributed by atoms with Crippen molar-refractivity contribution in [1.82, 2.24) is 5.32 Å². The van der Waals surface area contributed by atoms with Crippen molar-refractivity contribution in [2.45, 2.75) is 22.1 Å². The van der Waals surface area contributed by atoms with Crippen molar-refractivity contribution < 1.29 is 23.3 Å². The Hall–Kier alpha value is -1.10. The average molecular weight is 781 g/mol. The molecule has 0 saturated carbocycles. The maximum atomic E-state index is 14.7. The summed E-state index contributed by atoms with van der Waals surface area (Å²) >= 11 is 5.11. The molecule has 11 heteroatoms. The molecule has 2 aromatic rings. The van der Waals surface area contributed by atoms with E-state index in [1.165, 1.54) is 26.3 Å². The number of hydrogen-bond donors (Lipinski definition) is 1. The minimum absolute atomic E-state index is 0.0104. The summed E-state index contributed by atoms with van der Waals surface area (Å²) in [4.78, 5) is 22.6. The fraction of sp³-hybridized carbons (Fsp3) is 0.286. The molecule has 0 fully saturated rings. The number of aryl methyl sites for hydroxylation is 1. The van der Waals surface area contributed by atoms with Crippen LogP contribution < -0.4 is 5.32 Å². The van der Waals surface area contributed by atoms with Gasteiger partial charge in [0.15, 0.2) is 5.71 Å². The SMILES string of the molecule is CNC(=O)/C(=N/OC)c1cccc(C)c1CO/N=C(\C)c1cc(F)c(I)cc1C(F)(I)I. The van der Waals surface area contributed by atoms with Gasteiger partial charge in [0.1, 0.15) is 19.5 Å². The fourth-order valence-corrected chi connectivity index (χ4v) is 4.22. The number of oxime groups is 2. The van der Waals surface area contributed by atoms with Gasteiger partial charge >= 0.3 is 0 Å². The first-order chi connectivity index (χ1) is 15.0. The molecule has 0 aliphatic heterocycles. The highest BCUT2D eigenvalue weighted by atomic mass is 127. The average Bonchev–Trinajstić information content (AvgIpc) is 2.73. The van der Waals surface area contributed by atoms with Gasteiger partial charge < -0.3 is 15.0 Å². The third-order valence-corrected chi connectivity index (χ3v) is 6.44. The van der Waals surface area contributed by atoms with Gasteiger partial charge in [0.25, 0.3) is 5.91 Å². The van der Waals surface area contributed by atoms with Crippen LogP contribution in [0.1, 0.15) is 34.7 Å². The van der Waals surface area contributed by atoms with E-state index in [1.54, 1.807) is 64.2 Å². The lowest BCUT2D eigenvalue weighted by atomic mass is 9.98. The van der Waals surface area contributed by atoms with E-state index in [2.05, 4.69) is 15.6 Å². The van der Waals surface area contributed by atoms with E-state index in [9.17, 15) is 13.6 Å². The van der Waals surface area contributed by atoms with Crippen LogP contribution in [0.4, 0.5) is 8.78 Å². The summed E-state index contributed by atoms with van der Waals surface area (Å²) in [6, 6.07) is 8.09. The molecule has 1 N–H and O–H groups in total. The van der Waals surface area contributed by atoms with Crippen LogP contribution in [0.15, 0.2) is 40.6 Å². The lowest BCUT2D eigenvalue weighted by Crippen LogP contribution is -2.29. The number of amides is 1. The normalized spacial score (nSPS) is 12.5. The molecule has 2 rings (SSSR count). The van der Waals surface area contributed by atoms with E-state index in [0.29, 0.717) is 31.5 Å². The van der Waals surface area contributed by atoms with E-state index < -0.39 is 13.4 Å². The van der Waals surface area contributed by atoms with Gasteiger partial charge in [0, 0.05) is 32.9 Å². The number of benzene rings is 2. The predicted octanol–water partition coefficient (Wildman–Crippen LogP) is 5.73. The van der Waals surface area contributed by atoms with Crippen molar-refractivity contribution in [2.24, 2.45) is 10.3 Å². The van der Waals surface area contributed by atoms with Crippen LogP contribution in [-0.2, 0) is 22.8 Å². The van der Waals surface area contributed by atoms with Crippen LogP contribution in [0, 0.1) is 16.3 Å². The zero-order valence-electron chi connectivity index (χ0n) is 17.6. The number of rotatable bonds is 8. The van der Waals surface area contributed by atoms with Gasteiger partial charge in [0.2, 0.25) is 1.68 Å². The van der Waals surface area contributed by atoms with Gasteiger partial charge in [-0.15, -0.1) is 0 Å². The van der Waals surface area contributed by atoms with Crippen molar-refractivity contribution in [3.05, 3.63) is 67.5 Å². The Morgan fingerprint density at radius 3 is 2.50 bits per heavy atom. The number of likely N-dealkylation sites (N-methyl/N-ethyl adjacent to an activating group) is 1. The third-order valence-electron chi connectivity index (χ3n) is 4.46. The van der Waals surface area contributed by atoms with Crippen molar-refractivity contribution in [3.8, 4) is 0 Å². The summed E-state index contributed by atoms with van der Waals surface area (Å²) in [6.45, 7) is 3.49. The molecule has 0 spiro atoms. The third kappa shape index (κ3) is 6.71. The number of nitrogens with zero attached hydrogens (tertiary/aromatic N) is 2. The monoisotopic (exact) mass is 781 g/mol. The number of nitrogens with one attached hydrogen (secondary N) is 1. The van der Waals surface area contributed by atoms with Crippen LogP contribution >= 0.6 is 67.8 Å². The van der Waals surface area contributed by atoms with E-state index in [0.717, 1.165) is 5.56 Å². The molecule has 0 saturated heterocycles. The van der Waals surface area contributed by atoms with E-state index in [-0.39, 0.29) is 12.3 Å². The van der Waals surface area contributed by atoms with Crippen LogP contribution in [0.2, 0.25) is 0 Å². The summed E-state index contributed by atoms with van der Waals surface area (Å²) in [5, 5.41) is 10.5. The predicted molar refractivity (Wildman–Crippen MR) is 146 cm³/mol. The Labute approximate surface area is 226 Å². The molecule has 0 aliphatic rings. The highest BCUT2D eigenvalue weighted by molar-refractivity contribution is 14.2. The Bertz CT molecular complexity index is 1070. The highest BCUT2D eigenvalue weighted by Gasteiger charge is 2.29. The van der Waals surface area contributed by atoms with Crippen molar-refractivity contribution in [3.63, 3.8) is 0 Å². The van der Waals surface area contributed by atoms with Gasteiger partial charge in [-0.25, -0.2) is 8.78 Å². The lowest BCUT2D eigenvalue weighted by molar-refractivity contribution is -0.114. The first-order valence-corrected chi connectivity index (χ1v) is 12.4. The molecule has 0 aliphatic carbocycles. The topological polar surface area (TPSA) is 72.3 Å². The van der Waals surface area contributed by atoms with Gasteiger partial charge in [-0.1, -0.05) is 28.5 Å². The quantitative estimate of drug-likeness (QED) is 0.161. The van der Waals surface area contributed by atoms with Crippen LogP contribution in [0.3, 0.4) is 0 Å². The number of halogens is 5. The Morgan fingerprint density at radius 2 is 1.91 bits per heavy atom. The van der Waals surface area contributed by atoms with Crippen molar-refractivity contribution in [2.75, 3.05) is 14.2 Å². The molecular formula is C21H20F2I3N3O3. The molecule has 1 amide bonds. The molecule has 0 unspecified atom stereocenters. The van der Waals surface area contributed by atoms with Gasteiger partial charge in [-0.3, -0.25) is 4.79 Å². The summed E-state index contributed by atoms with van der Waals surface area (Å²) in [5.41, 5.74) is 3.08. The summed E-state index contributed by atoms with van der Waals surface area (Å²) < 4.78 is 27.4. The molecule has 0 atom stereocenters. The molecule has 0 radical (unpaired) electrons. The van der Waals surface area contributed by atoms with Crippen LogP contribution in [0.5, 0.6) is 0 Å².